The molecule has 0 radical (unpaired) electrons. The van der Waals surface area contributed by atoms with Crippen LogP contribution in [0.3, 0.4) is 0 Å². The smallest absolute Gasteiger partial charge is 0.00959 e. The van der Waals surface area contributed by atoms with Crippen LogP contribution in [-0.2, 0) is 0 Å². The topological polar surface area (TPSA) is 15.3 Å². The van der Waals surface area contributed by atoms with E-state index in [-0.39, 0.29) is 0 Å². The van der Waals surface area contributed by atoms with Crippen LogP contribution in [0.5, 0.6) is 0 Å². The third-order valence-corrected chi connectivity index (χ3v) is 4.45. The molecular formula is C12H24N2. The van der Waals surface area contributed by atoms with Crippen LogP contribution in [0, 0.1) is 17.3 Å². The third-order valence-electron chi connectivity index (χ3n) is 4.45. The Hall–Kier alpha value is -0.0800. The van der Waals surface area contributed by atoms with Gasteiger partial charge in [0.1, 0.15) is 0 Å². The van der Waals surface area contributed by atoms with Crippen molar-refractivity contribution in [2.75, 3.05) is 26.2 Å². The van der Waals surface area contributed by atoms with Gasteiger partial charge < -0.3 is 5.32 Å². The summed E-state index contributed by atoms with van der Waals surface area (Å²) in [5, 5.41) is 3.39. The van der Waals surface area contributed by atoms with Crippen molar-refractivity contribution in [3.05, 3.63) is 0 Å². The highest BCUT2D eigenvalue weighted by molar-refractivity contribution is 4.95. The maximum atomic E-state index is 3.39. The molecule has 3 unspecified atom stereocenters. The molecule has 0 bridgehead atoms. The highest BCUT2D eigenvalue weighted by Gasteiger charge is 2.39. The van der Waals surface area contributed by atoms with Crippen molar-refractivity contribution < 1.29 is 0 Å². The minimum atomic E-state index is 0.554. The number of likely N-dealkylation sites (tertiary alicyclic amines) is 1. The Kier molecular flexibility index (Phi) is 2.61. The van der Waals surface area contributed by atoms with Crippen LogP contribution in [0.4, 0.5) is 0 Å². The molecule has 0 aromatic heterocycles. The predicted molar refractivity (Wildman–Crippen MR) is 60.3 cm³/mol. The van der Waals surface area contributed by atoms with Gasteiger partial charge in [0, 0.05) is 37.6 Å². The van der Waals surface area contributed by atoms with Gasteiger partial charge in [0.15, 0.2) is 0 Å². The van der Waals surface area contributed by atoms with E-state index >= 15 is 0 Å². The lowest BCUT2D eigenvalue weighted by Gasteiger charge is -2.43. The van der Waals surface area contributed by atoms with Crippen molar-refractivity contribution in [1.29, 1.82) is 0 Å². The van der Waals surface area contributed by atoms with Crippen LogP contribution in [-0.4, -0.2) is 37.1 Å². The SMILES string of the molecule is CC1CN(CC2(C)CNC2)C(C)C1C. The fourth-order valence-electron chi connectivity index (χ4n) is 2.87. The summed E-state index contributed by atoms with van der Waals surface area (Å²) in [6, 6.07) is 0.780. The van der Waals surface area contributed by atoms with Crippen molar-refractivity contribution in [2.24, 2.45) is 17.3 Å². The maximum Gasteiger partial charge on any atom is 0.00959 e. The van der Waals surface area contributed by atoms with E-state index in [1.807, 2.05) is 0 Å². The first-order chi connectivity index (χ1) is 6.52. The van der Waals surface area contributed by atoms with Gasteiger partial charge >= 0.3 is 0 Å². The summed E-state index contributed by atoms with van der Waals surface area (Å²) < 4.78 is 0. The van der Waals surface area contributed by atoms with Gasteiger partial charge in [-0.15, -0.1) is 0 Å². The van der Waals surface area contributed by atoms with E-state index in [9.17, 15) is 0 Å². The second-order valence-corrected chi connectivity index (χ2v) is 5.92. The standard InChI is InChI=1S/C12H24N2/c1-9-5-14(11(3)10(9)2)8-12(4)6-13-7-12/h9-11,13H,5-8H2,1-4H3. The van der Waals surface area contributed by atoms with Gasteiger partial charge in [-0.2, -0.15) is 0 Å². The molecular weight excluding hydrogens is 172 g/mol. The van der Waals surface area contributed by atoms with Gasteiger partial charge in [-0.3, -0.25) is 4.90 Å². The molecule has 1 N–H and O–H groups in total. The molecule has 0 aromatic rings. The van der Waals surface area contributed by atoms with Crippen LogP contribution >= 0.6 is 0 Å². The van der Waals surface area contributed by atoms with Crippen molar-refractivity contribution in [3.63, 3.8) is 0 Å². The molecule has 2 heterocycles. The van der Waals surface area contributed by atoms with Crippen LogP contribution in [0.15, 0.2) is 0 Å². The first-order valence-corrected chi connectivity index (χ1v) is 5.97. The minimum Gasteiger partial charge on any atom is -0.315 e. The van der Waals surface area contributed by atoms with Crippen LogP contribution in [0.25, 0.3) is 0 Å². The highest BCUT2D eigenvalue weighted by Crippen LogP contribution is 2.33. The first-order valence-electron chi connectivity index (χ1n) is 5.97. The summed E-state index contributed by atoms with van der Waals surface area (Å²) in [6.07, 6.45) is 0. The molecule has 2 fully saturated rings. The zero-order chi connectivity index (χ0) is 10.3. The first kappa shape index (κ1) is 10.4. The minimum absolute atomic E-state index is 0.554. The zero-order valence-corrected chi connectivity index (χ0v) is 10.0. The lowest BCUT2D eigenvalue weighted by atomic mass is 9.83. The molecule has 2 heteroatoms. The molecule has 0 saturated carbocycles. The summed E-state index contributed by atoms with van der Waals surface area (Å²) in [4.78, 5) is 2.69. The van der Waals surface area contributed by atoms with Crippen molar-refractivity contribution in [3.8, 4) is 0 Å². The second kappa shape index (κ2) is 3.49. The normalized spacial score (nSPS) is 42.4. The average molecular weight is 196 g/mol. The molecule has 82 valence electrons. The molecule has 0 aliphatic carbocycles. The number of nitrogens with zero attached hydrogens (tertiary/aromatic N) is 1. The fraction of sp³-hybridized carbons (Fsp3) is 1.00. The third kappa shape index (κ3) is 1.70. The summed E-state index contributed by atoms with van der Waals surface area (Å²) in [7, 11) is 0. The summed E-state index contributed by atoms with van der Waals surface area (Å²) in [6.45, 7) is 14.6. The van der Waals surface area contributed by atoms with Gasteiger partial charge in [0.25, 0.3) is 0 Å². The number of nitrogens with one attached hydrogen (secondary N) is 1. The van der Waals surface area contributed by atoms with Crippen LogP contribution < -0.4 is 5.32 Å². The molecule has 14 heavy (non-hydrogen) atoms. The number of hydrogen-bond donors (Lipinski definition) is 1. The lowest BCUT2D eigenvalue weighted by Crippen LogP contribution is -2.57. The Morgan fingerprint density at radius 1 is 1.29 bits per heavy atom. The predicted octanol–water partition coefficient (Wildman–Crippen LogP) is 1.57. The van der Waals surface area contributed by atoms with Gasteiger partial charge in [-0.1, -0.05) is 20.8 Å². The van der Waals surface area contributed by atoms with Crippen molar-refractivity contribution in [1.82, 2.24) is 10.2 Å². The summed E-state index contributed by atoms with van der Waals surface area (Å²) in [5.41, 5.74) is 0.554. The maximum absolute atomic E-state index is 3.39. The van der Waals surface area contributed by atoms with Crippen molar-refractivity contribution >= 4 is 0 Å². The average Bonchev–Trinajstić information content (AvgIpc) is 2.31. The largest absolute Gasteiger partial charge is 0.315 e. The van der Waals surface area contributed by atoms with E-state index in [1.54, 1.807) is 0 Å². The Morgan fingerprint density at radius 3 is 2.29 bits per heavy atom. The van der Waals surface area contributed by atoms with E-state index in [0.717, 1.165) is 17.9 Å². The van der Waals surface area contributed by atoms with Gasteiger partial charge in [0.2, 0.25) is 0 Å². The Balaban J connectivity index is 1.92. The number of hydrogen-bond acceptors (Lipinski definition) is 2. The van der Waals surface area contributed by atoms with E-state index < -0.39 is 0 Å². The summed E-state index contributed by atoms with van der Waals surface area (Å²) >= 11 is 0. The Labute approximate surface area is 88.1 Å². The van der Waals surface area contributed by atoms with E-state index in [2.05, 4.69) is 37.9 Å². The fourth-order valence-corrected chi connectivity index (χ4v) is 2.87. The van der Waals surface area contributed by atoms with Crippen LogP contribution in [0.2, 0.25) is 0 Å². The van der Waals surface area contributed by atoms with Gasteiger partial charge in [-0.25, -0.2) is 0 Å². The Morgan fingerprint density at radius 2 is 1.93 bits per heavy atom. The Bertz CT molecular complexity index is 210. The van der Waals surface area contributed by atoms with Gasteiger partial charge in [0.05, 0.1) is 0 Å². The lowest BCUT2D eigenvalue weighted by molar-refractivity contribution is 0.0990. The molecule has 2 nitrogen and oxygen atoms in total. The molecule has 0 spiro atoms. The van der Waals surface area contributed by atoms with Crippen LogP contribution in [0.1, 0.15) is 27.7 Å². The van der Waals surface area contributed by atoms with E-state index in [4.69, 9.17) is 0 Å². The molecule has 0 aromatic carbocycles. The number of rotatable bonds is 2. The highest BCUT2D eigenvalue weighted by atomic mass is 15.2. The monoisotopic (exact) mass is 196 g/mol. The molecule has 0 amide bonds. The molecule has 3 atom stereocenters. The second-order valence-electron chi connectivity index (χ2n) is 5.92. The molecule has 2 aliphatic heterocycles. The van der Waals surface area contributed by atoms with Crippen molar-refractivity contribution in [2.45, 2.75) is 33.7 Å². The zero-order valence-electron chi connectivity index (χ0n) is 10.0. The summed E-state index contributed by atoms with van der Waals surface area (Å²) in [5.74, 6) is 1.74. The van der Waals surface area contributed by atoms with Gasteiger partial charge in [-0.05, 0) is 18.8 Å². The van der Waals surface area contributed by atoms with E-state index in [0.29, 0.717) is 5.41 Å². The molecule has 2 saturated heterocycles. The molecule has 2 rings (SSSR count). The van der Waals surface area contributed by atoms with E-state index in [1.165, 1.54) is 26.2 Å². The molecule has 2 aliphatic rings. The quantitative estimate of drug-likeness (QED) is 0.721.